The molecule has 0 aliphatic rings. The molecule has 0 aromatic heterocycles. The fourth-order valence-electron chi connectivity index (χ4n) is 0.604. The topological polar surface area (TPSA) is 0 Å². The van der Waals surface area contributed by atoms with E-state index in [1.165, 1.54) is 25.7 Å². The number of rotatable bonds is 4. The Bertz CT molecular complexity index is 23.6. The SMILES string of the molecule is [CH2-]CCCCCC.[Nd]. The van der Waals surface area contributed by atoms with Crippen LogP contribution in [0.1, 0.15) is 39.0 Å². The first-order valence-electron chi connectivity index (χ1n) is 3.21. The molecular weight excluding hydrogens is 228 g/mol. The van der Waals surface area contributed by atoms with Crippen LogP contribution in [0.15, 0.2) is 0 Å². The molecule has 0 nitrogen and oxygen atoms in total. The van der Waals surface area contributed by atoms with Gasteiger partial charge in [-0.2, -0.15) is 6.42 Å². The number of hydrogen-bond acceptors (Lipinski definition) is 0. The van der Waals surface area contributed by atoms with Gasteiger partial charge in [-0.15, -0.1) is 0 Å². The van der Waals surface area contributed by atoms with Crippen molar-refractivity contribution in [3.63, 3.8) is 0 Å². The van der Waals surface area contributed by atoms with Gasteiger partial charge < -0.3 is 6.92 Å². The van der Waals surface area contributed by atoms with E-state index in [1.807, 2.05) is 0 Å². The molecule has 0 saturated heterocycles. The summed E-state index contributed by atoms with van der Waals surface area (Å²) in [6.07, 6.45) is 6.52. The summed E-state index contributed by atoms with van der Waals surface area (Å²) in [4.78, 5) is 0. The molecule has 0 bridgehead atoms. The van der Waals surface area contributed by atoms with Gasteiger partial charge in [-0.3, -0.25) is 0 Å². The van der Waals surface area contributed by atoms with Gasteiger partial charge in [0.1, 0.15) is 0 Å². The Morgan fingerprint density at radius 3 is 2.12 bits per heavy atom. The summed E-state index contributed by atoms with van der Waals surface area (Å²) in [6, 6.07) is 0. The second-order valence-electron chi connectivity index (χ2n) is 1.91. The van der Waals surface area contributed by atoms with Gasteiger partial charge in [0.15, 0.2) is 0 Å². The molecule has 0 rings (SSSR count). The van der Waals surface area contributed by atoms with E-state index >= 15 is 0 Å². The van der Waals surface area contributed by atoms with Crippen molar-refractivity contribution in [3.05, 3.63) is 6.92 Å². The monoisotopic (exact) mass is 241 g/mol. The molecule has 0 N–H and O–H groups in total. The van der Waals surface area contributed by atoms with Crippen LogP contribution < -0.4 is 0 Å². The molecule has 0 unspecified atom stereocenters. The molecule has 0 heterocycles. The quantitative estimate of drug-likeness (QED) is 0.526. The molecule has 48 valence electrons. The zero-order valence-corrected chi connectivity index (χ0v) is 8.95. The van der Waals surface area contributed by atoms with Gasteiger partial charge in [-0.25, -0.2) is 0 Å². The summed E-state index contributed by atoms with van der Waals surface area (Å²) in [6.45, 7) is 5.98. The zero-order chi connectivity index (χ0) is 5.54. The summed E-state index contributed by atoms with van der Waals surface area (Å²) in [5, 5.41) is 0. The maximum atomic E-state index is 3.76. The predicted octanol–water partition coefficient (Wildman–Crippen LogP) is 2.79. The molecule has 0 atom stereocenters. The van der Waals surface area contributed by atoms with E-state index in [1.54, 1.807) is 0 Å². The van der Waals surface area contributed by atoms with Crippen molar-refractivity contribution in [2.24, 2.45) is 0 Å². The third kappa shape index (κ3) is 10.4. The van der Waals surface area contributed by atoms with Crippen molar-refractivity contribution in [1.82, 2.24) is 0 Å². The first-order valence-corrected chi connectivity index (χ1v) is 3.21. The van der Waals surface area contributed by atoms with E-state index in [0.717, 1.165) is 6.42 Å². The first-order chi connectivity index (χ1) is 3.41. The van der Waals surface area contributed by atoms with Gasteiger partial charge in [0.25, 0.3) is 0 Å². The molecule has 0 saturated carbocycles. The zero-order valence-electron chi connectivity index (χ0n) is 5.74. The van der Waals surface area contributed by atoms with E-state index in [4.69, 9.17) is 0 Å². The van der Waals surface area contributed by atoms with Gasteiger partial charge in [-0.05, 0) is 0 Å². The molecule has 0 spiro atoms. The van der Waals surface area contributed by atoms with Gasteiger partial charge in [0, 0.05) is 40.8 Å². The minimum absolute atomic E-state index is 0. The molecule has 1 heteroatoms. The second-order valence-corrected chi connectivity index (χ2v) is 1.91. The van der Waals surface area contributed by atoms with Crippen LogP contribution in [0.5, 0.6) is 0 Å². The van der Waals surface area contributed by atoms with Crippen molar-refractivity contribution >= 4 is 0 Å². The van der Waals surface area contributed by atoms with Crippen LogP contribution in [0.2, 0.25) is 0 Å². The predicted molar refractivity (Wildman–Crippen MR) is 34.1 cm³/mol. The summed E-state index contributed by atoms with van der Waals surface area (Å²) in [5.41, 5.74) is 0. The second kappa shape index (κ2) is 11.2. The third-order valence-corrected chi connectivity index (χ3v) is 1.10. The fraction of sp³-hybridized carbons (Fsp3) is 0.857. The standard InChI is InChI=1S/C7H15.Nd/c1-3-5-7-6-4-2;/h1,3-7H2,2H3;/q-1;. The Labute approximate surface area is 86.0 Å². The molecule has 0 aliphatic heterocycles. The van der Waals surface area contributed by atoms with E-state index in [9.17, 15) is 0 Å². The minimum Gasteiger partial charge on any atom is -0.343 e. The Morgan fingerprint density at radius 2 is 1.75 bits per heavy atom. The van der Waals surface area contributed by atoms with Crippen LogP contribution >= 0.6 is 0 Å². The van der Waals surface area contributed by atoms with Crippen LogP contribution in [0, 0.1) is 47.8 Å². The maximum Gasteiger partial charge on any atom is 0 e. The maximum absolute atomic E-state index is 3.76. The molecule has 8 heavy (non-hydrogen) atoms. The van der Waals surface area contributed by atoms with Gasteiger partial charge in [0.2, 0.25) is 0 Å². The van der Waals surface area contributed by atoms with E-state index < -0.39 is 0 Å². The Balaban J connectivity index is 0. The first kappa shape index (κ1) is 12.1. The Hall–Kier alpha value is 1.35. The minimum atomic E-state index is 0. The Kier molecular flexibility index (Phi) is 16.9. The summed E-state index contributed by atoms with van der Waals surface area (Å²) < 4.78 is 0. The normalized spacial score (nSPS) is 8.25. The van der Waals surface area contributed by atoms with Gasteiger partial charge in [0.05, 0.1) is 0 Å². The number of unbranched alkanes of at least 4 members (excludes halogenated alkanes) is 4. The van der Waals surface area contributed by atoms with Crippen molar-refractivity contribution < 1.29 is 40.8 Å². The van der Waals surface area contributed by atoms with Crippen molar-refractivity contribution in [3.8, 4) is 0 Å². The molecule has 0 aliphatic carbocycles. The molecule has 0 aromatic rings. The molecule has 0 fully saturated rings. The summed E-state index contributed by atoms with van der Waals surface area (Å²) >= 11 is 0. The molecule has 0 aromatic carbocycles. The van der Waals surface area contributed by atoms with E-state index in [2.05, 4.69) is 13.8 Å². The third-order valence-electron chi connectivity index (χ3n) is 1.10. The van der Waals surface area contributed by atoms with Crippen molar-refractivity contribution in [2.75, 3.05) is 0 Å². The number of hydrogen-bond donors (Lipinski definition) is 0. The van der Waals surface area contributed by atoms with Crippen LogP contribution in [0.25, 0.3) is 0 Å². The molecule has 0 radical (unpaired) electrons. The van der Waals surface area contributed by atoms with Crippen molar-refractivity contribution in [2.45, 2.75) is 39.0 Å². The van der Waals surface area contributed by atoms with Crippen LogP contribution in [-0.2, 0) is 0 Å². The smallest absolute Gasteiger partial charge is 0 e. The van der Waals surface area contributed by atoms with Gasteiger partial charge >= 0.3 is 0 Å². The van der Waals surface area contributed by atoms with Gasteiger partial charge in [-0.1, -0.05) is 32.6 Å². The molecular formula is C7H15Nd-. The Morgan fingerprint density at radius 1 is 1.12 bits per heavy atom. The van der Waals surface area contributed by atoms with E-state index in [0.29, 0.717) is 0 Å². The summed E-state index contributed by atoms with van der Waals surface area (Å²) in [7, 11) is 0. The average molecular weight is 243 g/mol. The van der Waals surface area contributed by atoms with Crippen molar-refractivity contribution in [1.29, 1.82) is 0 Å². The van der Waals surface area contributed by atoms with Crippen LogP contribution in [0.4, 0.5) is 0 Å². The fourth-order valence-corrected chi connectivity index (χ4v) is 0.604. The largest absolute Gasteiger partial charge is 0.343 e. The summed E-state index contributed by atoms with van der Waals surface area (Å²) in [5.74, 6) is 0. The van der Waals surface area contributed by atoms with Crippen LogP contribution in [0.3, 0.4) is 0 Å². The van der Waals surface area contributed by atoms with E-state index in [-0.39, 0.29) is 40.8 Å². The molecule has 0 amide bonds. The van der Waals surface area contributed by atoms with Crippen LogP contribution in [-0.4, -0.2) is 0 Å². The average Bonchev–Trinajstić information content (AvgIpc) is 1.69.